The summed E-state index contributed by atoms with van der Waals surface area (Å²) >= 11 is 0. The number of nitrogens with zero attached hydrogens (tertiary/aromatic N) is 1. The molecule has 0 radical (unpaired) electrons. The van der Waals surface area contributed by atoms with Crippen molar-refractivity contribution in [3.8, 4) is 5.75 Å². The predicted molar refractivity (Wildman–Crippen MR) is 93.3 cm³/mol. The number of halogens is 1. The number of rotatable bonds is 9. The summed E-state index contributed by atoms with van der Waals surface area (Å²) in [6.07, 6.45) is 1.49. The zero-order valence-electron chi connectivity index (χ0n) is 14.2. The first-order valence-electron chi connectivity index (χ1n) is 7.62. The molecule has 0 aromatic heterocycles. The largest absolute Gasteiger partial charge is 0.486 e. The van der Waals surface area contributed by atoms with Gasteiger partial charge in [-0.3, -0.25) is 4.99 Å². The van der Waals surface area contributed by atoms with Crippen LogP contribution in [0.4, 0.5) is 4.39 Å². The van der Waals surface area contributed by atoms with Crippen molar-refractivity contribution in [1.82, 2.24) is 15.4 Å². The van der Waals surface area contributed by atoms with Crippen LogP contribution in [0.2, 0.25) is 0 Å². The first kappa shape index (κ1) is 20.2. The molecule has 0 aliphatic heterocycles. The zero-order valence-corrected chi connectivity index (χ0v) is 15.0. The maximum absolute atomic E-state index is 13.5. The van der Waals surface area contributed by atoms with Gasteiger partial charge in [0.15, 0.2) is 17.5 Å². The van der Waals surface area contributed by atoms with E-state index in [0.717, 1.165) is 6.26 Å². The minimum atomic E-state index is -3.16. The highest BCUT2D eigenvalue weighted by molar-refractivity contribution is 7.88. The highest BCUT2D eigenvalue weighted by Gasteiger charge is 2.08. The first-order chi connectivity index (χ1) is 11.3. The molecular weight excluding hydrogens is 335 g/mol. The van der Waals surface area contributed by atoms with Crippen LogP contribution in [0.5, 0.6) is 5.75 Å². The summed E-state index contributed by atoms with van der Waals surface area (Å²) in [6, 6.07) is 6.24. The number of hydrogen-bond donors (Lipinski definition) is 3. The van der Waals surface area contributed by atoms with Gasteiger partial charge in [-0.15, -0.1) is 0 Å². The van der Waals surface area contributed by atoms with Gasteiger partial charge >= 0.3 is 0 Å². The number of ether oxygens (including phenoxy) is 1. The Balaban J connectivity index is 2.27. The first-order valence-corrected chi connectivity index (χ1v) is 9.51. The summed E-state index contributed by atoms with van der Waals surface area (Å²) in [5, 5.41) is 6.13. The van der Waals surface area contributed by atoms with Crippen molar-refractivity contribution in [3.05, 3.63) is 30.1 Å². The molecule has 1 atom stereocenters. The standard InChI is InChI=1S/C15H25FN4O3S/c1-12(23-14-8-5-4-7-13(14)16)11-19-15(17-2)18-9-6-10-20-24(3,21)22/h4-5,7-8,12,20H,6,9-11H2,1-3H3,(H2,17,18,19). The highest BCUT2D eigenvalue weighted by Crippen LogP contribution is 2.16. The minimum Gasteiger partial charge on any atom is -0.486 e. The number of para-hydroxylation sites is 1. The summed E-state index contributed by atoms with van der Waals surface area (Å²) in [7, 11) is -1.52. The van der Waals surface area contributed by atoms with Gasteiger partial charge in [0, 0.05) is 20.1 Å². The van der Waals surface area contributed by atoms with E-state index in [1.807, 2.05) is 6.92 Å². The summed E-state index contributed by atoms with van der Waals surface area (Å²) in [5.41, 5.74) is 0. The second-order valence-corrected chi connectivity index (χ2v) is 7.09. The van der Waals surface area contributed by atoms with Gasteiger partial charge in [0.1, 0.15) is 6.10 Å². The lowest BCUT2D eigenvalue weighted by molar-refractivity contribution is 0.214. The molecular formula is C15H25FN4O3S. The molecule has 0 spiro atoms. The van der Waals surface area contributed by atoms with Gasteiger partial charge < -0.3 is 15.4 Å². The van der Waals surface area contributed by atoms with E-state index in [0.29, 0.717) is 32.0 Å². The fraction of sp³-hybridized carbons (Fsp3) is 0.533. The lowest BCUT2D eigenvalue weighted by Gasteiger charge is -2.18. The SMILES string of the molecule is CN=C(NCCCNS(C)(=O)=O)NCC(C)Oc1ccccc1F. The van der Waals surface area contributed by atoms with Crippen LogP contribution in [0.25, 0.3) is 0 Å². The summed E-state index contributed by atoms with van der Waals surface area (Å²) in [4.78, 5) is 4.06. The van der Waals surface area contributed by atoms with E-state index >= 15 is 0 Å². The van der Waals surface area contributed by atoms with Crippen LogP contribution in [0.15, 0.2) is 29.3 Å². The van der Waals surface area contributed by atoms with Crippen molar-refractivity contribution < 1.29 is 17.5 Å². The third-order valence-corrected chi connectivity index (χ3v) is 3.68. The Morgan fingerprint density at radius 1 is 1.29 bits per heavy atom. The molecule has 3 N–H and O–H groups in total. The average molecular weight is 360 g/mol. The number of nitrogens with one attached hydrogen (secondary N) is 3. The van der Waals surface area contributed by atoms with E-state index in [9.17, 15) is 12.8 Å². The third-order valence-electron chi connectivity index (χ3n) is 2.96. The minimum absolute atomic E-state index is 0.210. The fourth-order valence-electron chi connectivity index (χ4n) is 1.81. The van der Waals surface area contributed by atoms with Crippen molar-refractivity contribution in [2.24, 2.45) is 4.99 Å². The molecule has 7 nitrogen and oxygen atoms in total. The summed E-state index contributed by atoms with van der Waals surface area (Å²) < 4.78 is 43.3. The van der Waals surface area contributed by atoms with Gasteiger partial charge in [-0.05, 0) is 25.5 Å². The molecule has 1 rings (SSSR count). The van der Waals surface area contributed by atoms with E-state index < -0.39 is 15.8 Å². The van der Waals surface area contributed by atoms with Gasteiger partial charge in [0.25, 0.3) is 0 Å². The Morgan fingerprint density at radius 3 is 2.62 bits per heavy atom. The Hall–Kier alpha value is -1.87. The molecule has 1 unspecified atom stereocenters. The lowest BCUT2D eigenvalue weighted by Crippen LogP contribution is -2.42. The van der Waals surface area contributed by atoms with Crippen LogP contribution in [-0.2, 0) is 10.0 Å². The Bertz CT molecular complexity index is 637. The average Bonchev–Trinajstić information content (AvgIpc) is 2.51. The highest BCUT2D eigenvalue weighted by atomic mass is 32.2. The van der Waals surface area contributed by atoms with Crippen LogP contribution in [0.1, 0.15) is 13.3 Å². The summed E-state index contributed by atoms with van der Waals surface area (Å²) in [5.74, 6) is 0.380. The van der Waals surface area contributed by atoms with Crippen LogP contribution in [0, 0.1) is 5.82 Å². The van der Waals surface area contributed by atoms with Crippen molar-refractivity contribution in [2.45, 2.75) is 19.4 Å². The molecule has 0 amide bonds. The van der Waals surface area contributed by atoms with Crippen LogP contribution in [-0.4, -0.2) is 53.4 Å². The molecule has 0 aliphatic carbocycles. The summed E-state index contributed by atoms with van der Waals surface area (Å²) in [6.45, 7) is 3.18. The van der Waals surface area contributed by atoms with E-state index in [1.165, 1.54) is 6.07 Å². The molecule has 0 heterocycles. The zero-order chi connectivity index (χ0) is 18.0. The topological polar surface area (TPSA) is 91.8 Å². The smallest absolute Gasteiger partial charge is 0.208 e. The maximum Gasteiger partial charge on any atom is 0.208 e. The Labute approximate surface area is 142 Å². The van der Waals surface area contributed by atoms with Gasteiger partial charge in [-0.1, -0.05) is 12.1 Å². The second kappa shape index (κ2) is 10.1. The number of benzene rings is 1. The molecule has 0 bridgehead atoms. The lowest BCUT2D eigenvalue weighted by atomic mass is 10.3. The quantitative estimate of drug-likeness (QED) is 0.342. The molecule has 0 saturated carbocycles. The normalized spacial score (nSPS) is 13.4. The van der Waals surface area contributed by atoms with Gasteiger partial charge in [0.05, 0.1) is 12.8 Å². The van der Waals surface area contributed by atoms with E-state index in [4.69, 9.17) is 4.74 Å². The fourth-order valence-corrected chi connectivity index (χ4v) is 2.33. The van der Waals surface area contributed by atoms with Crippen LogP contribution < -0.4 is 20.1 Å². The Kier molecular flexibility index (Phi) is 8.48. The van der Waals surface area contributed by atoms with E-state index in [-0.39, 0.29) is 11.9 Å². The molecule has 0 aliphatic rings. The van der Waals surface area contributed by atoms with Gasteiger partial charge in [-0.2, -0.15) is 0 Å². The maximum atomic E-state index is 13.5. The van der Waals surface area contributed by atoms with Gasteiger partial charge in [0.2, 0.25) is 10.0 Å². The van der Waals surface area contributed by atoms with Crippen LogP contribution in [0.3, 0.4) is 0 Å². The molecule has 24 heavy (non-hydrogen) atoms. The van der Waals surface area contributed by atoms with Crippen molar-refractivity contribution in [1.29, 1.82) is 0 Å². The monoisotopic (exact) mass is 360 g/mol. The number of hydrogen-bond acceptors (Lipinski definition) is 4. The van der Waals surface area contributed by atoms with Crippen LogP contribution >= 0.6 is 0 Å². The molecule has 1 aromatic carbocycles. The number of sulfonamides is 1. The van der Waals surface area contributed by atoms with Crippen molar-refractivity contribution in [2.75, 3.05) is 32.9 Å². The van der Waals surface area contributed by atoms with E-state index in [1.54, 1.807) is 25.2 Å². The molecule has 0 saturated heterocycles. The molecule has 1 aromatic rings. The van der Waals surface area contributed by atoms with Crippen molar-refractivity contribution in [3.63, 3.8) is 0 Å². The third kappa shape index (κ3) is 8.68. The molecule has 136 valence electrons. The Morgan fingerprint density at radius 2 is 2.00 bits per heavy atom. The van der Waals surface area contributed by atoms with Gasteiger partial charge in [-0.25, -0.2) is 17.5 Å². The second-order valence-electron chi connectivity index (χ2n) is 5.26. The number of aliphatic imine (C=N–C) groups is 1. The predicted octanol–water partition coefficient (Wildman–Crippen LogP) is 0.697. The molecule has 9 heteroatoms. The van der Waals surface area contributed by atoms with Crippen molar-refractivity contribution >= 4 is 16.0 Å². The molecule has 0 fully saturated rings. The number of guanidine groups is 1. The van der Waals surface area contributed by atoms with E-state index in [2.05, 4.69) is 20.3 Å².